The molecule has 0 radical (unpaired) electrons. The first-order valence-corrected chi connectivity index (χ1v) is 15.9. The van der Waals surface area contributed by atoms with Gasteiger partial charge in [0.15, 0.2) is 5.78 Å². The summed E-state index contributed by atoms with van der Waals surface area (Å²) in [5.74, 6) is 5.81. The molecule has 2 fully saturated rings. The third kappa shape index (κ3) is 7.39. The van der Waals surface area contributed by atoms with E-state index in [1.54, 1.807) is 34.7 Å². The second-order valence-electron chi connectivity index (χ2n) is 11.2. The molecule has 1 amide bonds. The van der Waals surface area contributed by atoms with E-state index in [1.807, 2.05) is 0 Å². The van der Waals surface area contributed by atoms with E-state index in [2.05, 4.69) is 33.6 Å². The van der Waals surface area contributed by atoms with Crippen molar-refractivity contribution in [2.75, 3.05) is 65.5 Å². The average Bonchev–Trinajstić information content (AvgIpc) is 3.51. The molecule has 2 aromatic heterocycles. The Morgan fingerprint density at radius 1 is 1.11 bits per heavy atom. The highest BCUT2D eigenvalue weighted by Gasteiger charge is 2.31. The molecule has 47 heavy (non-hydrogen) atoms. The maximum atomic E-state index is 14.4. The van der Waals surface area contributed by atoms with Gasteiger partial charge >= 0.3 is 0 Å². The van der Waals surface area contributed by atoms with Crippen LogP contribution in [0.1, 0.15) is 13.3 Å². The van der Waals surface area contributed by atoms with Crippen molar-refractivity contribution in [1.29, 1.82) is 0 Å². The lowest BCUT2D eigenvalue weighted by molar-refractivity contribution is -0.126. The van der Waals surface area contributed by atoms with Crippen molar-refractivity contribution in [1.82, 2.24) is 24.3 Å². The third-order valence-corrected chi connectivity index (χ3v) is 9.16. The first-order chi connectivity index (χ1) is 22.7. The third-order valence-electron chi connectivity index (χ3n) is 8.41. The summed E-state index contributed by atoms with van der Waals surface area (Å²) in [6.07, 6.45) is 3.23. The molecular weight excluding hydrogens is 647 g/mol. The number of ketones is 1. The number of methoxy groups -OCH3 is 2. The minimum Gasteiger partial charge on any atom is -0.495 e. The number of fused-ring (bicyclic) bond motifs is 1. The highest BCUT2D eigenvalue weighted by atomic mass is 35.5. The van der Waals surface area contributed by atoms with Crippen LogP contribution in [0.15, 0.2) is 35.8 Å². The number of anilines is 1. The fraction of sp³-hybridized carbons (Fsp3) is 0.424. The fourth-order valence-electron chi connectivity index (χ4n) is 5.81. The van der Waals surface area contributed by atoms with Crippen molar-refractivity contribution in [3.05, 3.63) is 51.4 Å². The highest BCUT2D eigenvalue weighted by Crippen LogP contribution is 2.45. The molecule has 4 heterocycles. The number of carbonyl (C=O) groups excluding carboxylic acids is 2. The van der Waals surface area contributed by atoms with Crippen LogP contribution in [0.5, 0.6) is 11.5 Å². The molecule has 0 aliphatic carbocycles. The summed E-state index contributed by atoms with van der Waals surface area (Å²) in [4.78, 5) is 51.9. The van der Waals surface area contributed by atoms with Gasteiger partial charge in [-0.05, 0) is 25.0 Å². The lowest BCUT2D eigenvalue weighted by atomic mass is 9.97. The van der Waals surface area contributed by atoms with Crippen molar-refractivity contribution in [3.63, 3.8) is 0 Å². The molecule has 1 N–H and O–H groups in total. The van der Waals surface area contributed by atoms with Gasteiger partial charge in [-0.3, -0.25) is 23.9 Å². The Morgan fingerprint density at radius 3 is 2.45 bits per heavy atom. The van der Waals surface area contributed by atoms with Crippen molar-refractivity contribution in [2.45, 2.75) is 25.9 Å². The number of hydrogen-bond acceptors (Lipinski definition) is 10. The van der Waals surface area contributed by atoms with E-state index >= 15 is 0 Å². The smallest absolute Gasteiger partial charge is 0.298 e. The molecule has 2 aliphatic heterocycles. The predicted octanol–water partition coefficient (Wildman–Crippen LogP) is 3.52. The number of carbonyl (C=O) groups is 2. The second kappa shape index (κ2) is 15.2. The van der Waals surface area contributed by atoms with Gasteiger partial charge in [0.2, 0.25) is 5.95 Å². The van der Waals surface area contributed by atoms with Crippen LogP contribution >= 0.6 is 23.2 Å². The van der Waals surface area contributed by atoms with Gasteiger partial charge in [0.1, 0.15) is 17.1 Å². The van der Waals surface area contributed by atoms with E-state index in [1.165, 1.54) is 20.3 Å². The fourth-order valence-corrected chi connectivity index (χ4v) is 6.51. The van der Waals surface area contributed by atoms with Gasteiger partial charge in [0.05, 0.1) is 49.1 Å². The van der Waals surface area contributed by atoms with E-state index in [0.717, 1.165) is 0 Å². The Morgan fingerprint density at radius 2 is 1.81 bits per heavy atom. The maximum Gasteiger partial charge on any atom is 0.298 e. The standard InChI is InChI=1S/C33H36Cl2N6O6/c1-5-7-27(43)40-11-8-39(9-12-40)10-13-41-31-20(17-36-33(38-31)37-24-19-47-18-21(24)14-22(42)6-2)15-23(32(41)44)28-29(34)25(45-3)16-26(46-4)30(28)35/h6,15-17,21,24H,2,8-14,18-19H2,1,3-4H3,(H,36,37,38)/t21-,24+/m0/s1. The molecule has 0 unspecified atom stereocenters. The Bertz CT molecular complexity index is 1780. The van der Waals surface area contributed by atoms with Crippen LogP contribution in [0.2, 0.25) is 10.0 Å². The van der Waals surface area contributed by atoms with Gasteiger partial charge in [0.25, 0.3) is 11.5 Å². The summed E-state index contributed by atoms with van der Waals surface area (Å²) < 4.78 is 18.1. The van der Waals surface area contributed by atoms with Gasteiger partial charge in [0, 0.05) is 74.8 Å². The summed E-state index contributed by atoms with van der Waals surface area (Å²) in [5.41, 5.74) is 0.541. The number of nitrogens with zero attached hydrogens (tertiary/aromatic N) is 5. The zero-order valence-electron chi connectivity index (χ0n) is 26.5. The lowest BCUT2D eigenvalue weighted by Gasteiger charge is -2.33. The summed E-state index contributed by atoms with van der Waals surface area (Å²) >= 11 is 13.5. The molecule has 1 aromatic carbocycles. The number of pyridine rings is 1. The van der Waals surface area contributed by atoms with Crippen molar-refractivity contribution in [3.8, 4) is 34.5 Å². The highest BCUT2D eigenvalue weighted by molar-refractivity contribution is 6.41. The molecule has 0 bridgehead atoms. The molecule has 12 nitrogen and oxygen atoms in total. The molecule has 0 saturated carbocycles. The number of benzene rings is 1. The number of halogens is 2. The number of allylic oxidation sites excluding steroid dienone is 1. The molecule has 5 rings (SSSR count). The second-order valence-corrected chi connectivity index (χ2v) is 12.0. The van der Waals surface area contributed by atoms with Crippen LogP contribution < -0.4 is 20.3 Å². The molecule has 3 aromatic rings. The topological polar surface area (TPSA) is 128 Å². The Labute approximate surface area is 282 Å². The number of amides is 1. The van der Waals surface area contributed by atoms with Crippen LogP contribution in [0, 0.1) is 17.8 Å². The Hall–Kier alpha value is -4.15. The van der Waals surface area contributed by atoms with Crippen LogP contribution in [0.25, 0.3) is 22.2 Å². The van der Waals surface area contributed by atoms with E-state index in [-0.39, 0.29) is 63.3 Å². The average molecular weight is 684 g/mol. The zero-order chi connectivity index (χ0) is 33.7. The number of rotatable bonds is 11. The molecule has 0 spiro atoms. The summed E-state index contributed by atoms with van der Waals surface area (Å²) in [7, 11) is 2.93. The summed E-state index contributed by atoms with van der Waals surface area (Å²) in [5, 5.41) is 4.21. The first kappa shape index (κ1) is 34.2. The van der Waals surface area contributed by atoms with Crippen molar-refractivity contribution >= 4 is 51.9 Å². The van der Waals surface area contributed by atoms with Gasteiger partial charge in [-0.15, -0.1) is 0 Å². The molecule has 248 valence electrons. The quantitative estimate of drug-likeness (QED) is 0.237. The maximum absolute atomic E-state index is 14.4. The van der Waals surface area contributed by atoms with E-state index in [4.69, 9.17) is 42.4 Å². The van der Waals surface area contributed by atoms with Crippen LogP contribution in [-0.2, 0) is 20.9 Å². The number of piperazine rings is 1. The van der Waals surface area contributed by atoms with Crippen LogP contribution in [-0.4, -0.2) is 102 Å². The van der Waals surface area contributed by atoms with Crippen LogP contribution in [0.4, 0.5) is 5.95 Å². The normalized spacial score (nSPS) is 18.0. The van der Waals surface area contributed by atoms with Crippen molar-refractivity contribution in [2.24, 2.45) is 5.92 Å². The summed E-state index contributed by atoms with van der Waals surface area (Å²) in [6, 6.07) is 3.02. The largest absolute Gasteiger partial charge is 0.495 e. The number of ether oxygens (including phenoxy) is 3. The monoisotopic (exact) mass is 682 g/mol. The lowest BCUT2D eigenvalue weighted by Crippen LogP contribution is -2.49. The number of hydrogen-bond donors (Lipinski definition) is 1. The van der Waals surface area contributed by atoms with Gasteiger partial charge in [-0.2, -0.15) is 4.98 Å². The van der Waals surface area contributed by atoms with Gasteiger partial charge < -0.3 is 24.4 Å². The molecule has 2 atom stereocenters. The van der Waals surface area contributed by atoms with Crippen molar-refractivity contribution < 1.29 is 23.8 Å². The Kier molecular flexibility index (Phi) is 11.0. The molecule has 14 heteroatoms. The van der Waals surface area contributed by atoms with Gasteiger partial charge in [-0.1, -0.05) is 35.7 Å². The zero-order valence-corrected chi connectivity index (χ0v) is 28.0. The minimum absolute atomic E-state index is 0.0666. The number of nitrogens with one attached hydrogen (secondary N) is 1. The molecule has 2 saturated heterocycles. The molecular formula is C33H36Cl2N6O6. The first-order valence-electron chi connectivity index (χ1n) is 15.1. The van der Waals surface area contributed by atoms with E-state index in [9.17, 15) is 14.4 Å². The minimum atomic E-state index is -0.369. The summed E-state index contributed by atoms with van der Waals surface area (Å²) in [6.45, 7) is 9.13. The predicted molar refractivity (Wildman–Crippen MR) is 180 cm³/mol. The van der Waals surface area contributed by atoms with E-state index in [0.29, 0.717) is 74.4 Å². The SMILES string of the molecule is C=CC(=O)C[C@H]1COC[C@H]1Nc1ncc2cc(-c3c(Cl)c(OC)cc(OC)c3Cl)c(=O)n(CCN3CCN(C(=O)C#CC)CC3)c2n1. The molecule has 2 aliphatic rings. The number of aromatic nitrogens is 3. The van der Waals surface area contributed by atoms with Gasteiger partial charge in [-0.25, -0.2) is 4.98 Å². The van der Waals surface area contributed by atoms with Crippen LogP contribution in [0.3, 0.4) is 0 Å². The van der Waals surface area contributed by atoms with E-state index < -0.39 is 0 Å². The Balaban J connectivity index is 1.53.